The molecule has 4 nitrogen and oxygen atoms in total. The third-order valence-corrected chi connectivity index (χ3v) is 3.62. The van der Waals surface area contributed by atoms with Gasteiger partial charge in [0.05, 0.1) is 11.3 Å². The Labute approximate surface area is 126 Å². The highest BCUT2D eigenvalue weighted by Crippen LogP contribution is 2.34. The minimum Gasteiger partial charge on any atom is -0.334 e. The molecule has 2 rings (SSSR count). The number of rotatable bonds is 1. The van der Waals surface area contributed by atoms with E-state index < -0.39 is 29.2 Å². The van der Waals surface area contributed by atoms with Crippen LogP contribution in [0.15, 0.2) is 24.3 Å². The normalized spacial score (nSPS) is 18.9. The first kappa shape index (κ1) is 16.3. The molecule has 1 aliphatic heterocycles. The Morgan fingerprint density at radius 3 is 2.59 bits per heavy atom. The summed E-state index contributed by atoms with van der Waals surface area (Å²) >= 11 is 0. The Morgan fingerprint density at radius 1 is 1.27 bits per heavy atom. The second-order valence-electron chi connectivity index (χ2n) is 5.50. The van der Waals surface area contributed by atoms with Crippen LogP contribution in [0.3, 0.4) is 0 Å². The maximum absolute atomic E-state index is 12.9. The lowest BCUT2D eigenvalue weighted by atomic mass is 10.0. The standard InChI is InChI=1S/C15H17F3N2O2/c1-10-5-4-8-20(9-10)14(22)13(21)19-12-7-3-2-6-11(12)15(16,17)18/h2-3,6-7,10H,4-5,8-9H2,1H3,(H,19,21). The number of carbonyl (C=O) groups excluding carboxylic acids is 2. The summed E-state index contributed by atoms with van der Waals surface area (Å²) < 4.78 is 38.6. The second-order valence-corrected chi connectivity index (χ2v) is 5.50. The average Bonchev–Trinajstić information content (AvgIpc) is 2.46. The minimum atomic E-state index is -4.59. The third kappa shape index (κ3) is 3.78. The van der Waals surface area contributed by atoms with Crippen molar-refractivity contribution in [1.82, 2.24) is 4.90 Å². The molecule has 1 unspecified atom stereocenters. The number of para-hydroxylation sites is 1. The number of carbonyl (C=O) groups is 2. The van der Waals surface area contributed by atoms with Gasteiger partial charge in [-0.3, -0.25) is 9.59 Å². The van der Waals surface area contributed by atoms with Gasteiger partial charge in [-0.05, 0) is 30.9 Å². The molecule has 120 valence electrons. The number of hydrogen-bond donors (Lipinski definition) is 1. The number of anilines is 1. The van der Waals surface area contributed by atoms with Crippen molar-refractivity contribution in [3.05, 3.63) is 29.8 Å². The van der Waals surface area contributed by atoms with Gasteiger partial charge in [0.1, 0.15) is 0 Å². The number of piperidine rings is 1. The largest absolute Gasteiger partial charge is 0.418 e. The van der Waals surface area contributed by atoms with E-state index in [1.807, 2.05) is 6.92 Å². The summed E-state index contributed by atoms with van der Waals surface area (Å²) in [5.74, 6) is -1.54. The quantitative estimate of drug-likeness (QED) is 0.810. The van der Waals surface area contributed by atoms with Crippen molar-refractivity contribution in [1.29, 1.82) is 0 Å². The first-order valence-electron chi connectivity index (χ1n) is 7.05. The maximum atomic E-state index is 12.9. The van der Waals surface area contributed by atoms with Crippen molar-refractivity contribution in [2.45, 2.75) is 25.9 Å². The van der Waals surface area contributed by atoms with Gasteiger partial charge in [-0.1, -0.05) is 19.1 Å². The Hall–Kier alpha value is -2.05. The van der Waals surface area contributed by atoms with E-state index >= 15 is 0 Å². The molecule has 0 saturated carbocycles. The fraction of sp³-hybridized carbons (Fsp3) is 0.467. The van der Waals surface area contributed by atoms with Crippen molar-refractivity contribution >= 4 is 17.5 Å². The predicted octanol–water partition coefficient (Wildman–Crippen LogP) is 2.90. The lowest BCUT2D eigenvalue weighted by Crippen LogP contribution is -2.44. The number of likely N-dealkylation sites (tertiary alicyclic amines) is 1. The van der Waals surface area contributed by atoms with Gasteiger partial charge in [0.2, 0.25) is 0 Å². The van der Waals surface area contributed by atoms with Crippen LogP contribution in [0.25, 0.3) is 0 Å². The van der Waals surface area contributed by atoms with E-state index in [4.69, 9.17) is 0 Å². The van der Waals surface area contributed by atoms with Crippen LogP contribution < -0.4 is 5.32 Å². The van der Waals surface area contributed by atoms with E-state index in [1.54, 1.807) is 0 Å². The molecule has 7 heteroatoms. The molecule has 1 aliphatic rings. The van der Waals surface area contributed by atoms with E-state index in [-0.39, 0.29) is 5.92 Å². The smallest absolute Gasteiger partial charge is 0.334 e. The Bertz CT molecular complexity index is 572. The van der Waals surface area contributed by atoms with E-state index in [0.29, 0.717) is 13.1 Å². The van der Waals surface area contributed by atoms with Crippen molar-refractivity contribution in [2.24, 2.45) is 5.92 Å². The molecule has 0 radical (unpaired) electrons. The SMILES string of the molecule is CC1CCCN(C(=O)C(=O)Nc2ccccc2C(F)(F)F)C1. The molecule has 0 aliphatic carbocycles. The number of amides is 2. The molecule has 1 fully saturated rings. The molecular formula is C15H17F3N2O2. The highest BCUT2D eigenvalue weighted by Gasteiger charge is 2.34. The highest BCUT2D eigenvalue weighted by molar-refractivity contribution is 6.39. The van der Waals surface area contributed by atoms with Crippen LogP contribution in [0.2, 0.25) is 0 Å². The topological polar surface area (TPSA) is 49.4 Å². The Morgan fingerprint density at radius 2 is 1.95 bits per heavy atom. The number of nitrogens with one attached hydrogen (secondary N) is 1. The summed E-state index contributed by atoms with van der Waals surface area (Å²) in [6.45, 7) is 2.88. The molecule has 1 aromatic carbocycles. The van der Waals surface area contributed by atoms with Gasteiger partial charge in [-0.15, -0.1) is 0 Å². The zero-order chi connectivity index (χ0) is 16.3. The monoisotopic (exact) mass is 314 g/mol. The Kier molecular flexibility index (Phi) is 4.73. The fourth-order valence-electron chi connectivity index (χ4n) is 2.53. The first-order valence-corrected chi connectivity index (χ1v) is 7.05. The summed E-state index contributed by atoms with van der Waals surface area (Å²) in [6.07, 6.45) is -2.83. The lowest BCUT2D eigenvalue weighted by Gasteiger charge is -2.30. The summed E-state index contributed by atoms with van der Waals surface area (Å²) in [5.41, 5.74) is -1.37. The van der Waals surface area contributed by atoms with E-state index in [1.165, 1.54) is 17.0 Å². The van der Waals surface area contributed by atoms with Crippen LogP contribution in [-0.4, -0.2) is 29.8 Å². The average molecular weight is 314 g/mol. The van der Waals surface area contributed by atoms with Crippen molar-refractivity contribution in [2.75, 3.05) is 18.4 Å². The van der Waals surface area contributed by atoms with Crippen LogP contribution in [0, 0.1) is 5.92 Å². The lowest BCUT2D eigenvalue weighted by molar-refractivity contribution is -0.144. The molecule has 2 amide bonds. The molecule has 0 bridgehead atoms. The van der Waals surface area contributed by atoms with Crippen molar-refractivity contribution in [3.8, 4) is 0 Å². The molecule has 0 spiro atoms. The number of alkyl halides is 3. The molecular weight excluding hydrogens is 297 g/mol. The minimum absolute atomic E-state index is 0.285. The third-order valence-electron chi connectivity index (χ3n) is 3.62. The van der Waals surface area contributed by atoms with Gasteiger partial charge >= 0.3 is 18.0 Å². The molecule has 1 saturated heterocycles. The number of halogens is 3. The maximum Gasteiger partial charge on any atom is 0.418 e. The van der Waals surface area contributed by atoms with Crippen LogP contribution >= 0.6 is 0 Å². The summed E-state index contributed by atoms with van der Waals surface area (Å²) in [5, 5.41) is 2.08. The van der Waals surface area contributed by atoms with E-state index in [2.05, 4.69) is 5.32 Å². The fourth-order valence-corrected chi connectivity index (χ4v) is 2.53. The van der Waals surface area contributed by atoms with E-state index in [9.17, 15) is 22.8 Å². The van der Waals surface area contributed by atoms with Gasteiger partial charge in [-0.2, -0.15) is 13.2 Å². The van der Waals surface area contributed by atoms with Gasteiger partial charge < -0.3 is 10.2 Å². The van der Waals surface area contributed by atoms with Gasteiger partial charge in [0, 0.05) is 13.1 Å². The molecule has 1 N–H and O–H groups in total. The number of nitrogens with zero attached hydrogens (tertiary/aromatic N) is 1. The first-order chi connectivity index (χ1) is 10.3. The van der Waals surface area contributed by atoms with Crippen LogP contribution in [-0.2, 0) is 15.8 Å². The summed E-state index contributed by atoms with van der Waals surface area (Å²) in [6, 6.07) is 4.60. The Balaban J connectivity index is 2.11. The van der Waals surface area contributed by atoms with Gasteiger partial charge in [0.15, 0.2) is 0 Å². The van der Waals surface area contributed by atoms with Crippen molar-refractivity contribution in [3.63, 3.8) is 0 Å². The van der Waals surface area contributed by atoms with E-state index in [0.717, 1.165) is 25.0 Å². The van der Waals surface area contributed by atoms with Crippen LogP contribution in [0.5, 0.6) is 0 Å². The highest BCUT2D eigenvalue weighted by atomic mass is 19.4. The predicted molar refractivity (Wildman–Crippen MR) is 75.1 cm³/mol. The van der Waals surface area contributed by atoms with Crippen LogP contribution in [0.1, 0.15) is 25.3 Å². The molecule has 1 heterocycles. The zero-order valence-corrected chi connectivity index (χ0v) is 12.1. The second kappa shape index (κ2) is 6.37. The van der Waals surface area contributed by atoms with Gasteiger partial charge in [-0.25, -0.2) is 0 Å². The number of benzene rings is 1. The van der Waals surface area contributed by atoms with Crippen molar-refractivity contribution < 1.29 is 22.8 Å². The summed E-state index contributed by atoms with van der Waals surface area (Å²) in [4.78, 5) is 25.4. The van der Waals surface area contributed by atoms with Crippen LogP contribution in [0.4, 0.5) is 18.9 Å². The zero-order valence-electron chi connectivity index (χ0n) is 12.1. The van der Waals surface area contributed by atoms with Gasteiger partial charge in [0.25, 0.3) is 0 Å². The molecule has 1 aromatic rings. The molecule has 0 aromatic heterocycles. The summed E-state index contributed by atoms with van der Waals surface area (Å²) in [7, 11) is 0. The molecule has 22 heavy (non-hydrogen) atoms. The molecule has 1 atom stereocenters. The number of hydrogen-bond acceptors (Lipinski definition) is 2.